The first kappa shape index (κ1) is 17.0. The van der Waals surface area contributed by atoms with E-state index in [1.165, 1.54) is 0 Å². The van der Waals surface area contributed by atoms with Gasteiger partial charge in [-0.2, -0.15) is 0 Å². The van der Waals surface area contributed by atoms with E-state index in [1.54, 1.807) is 0 Å². The Morgan fingerprint density at radius 3 is 2.76 bits per heavy atom. The number of H-pyrrole nitrogens is 1. The summed E-state index contributed by atoms with van der Waals surface area (Å²) in [5.74, 6) is 1.30. The molecule has 0 radical (unpaired) electrons. The molecule has 5 heteroatoms. The van der Waals surface area contributed by atoms with Crippen molar-refractivity contribution in [3.8, 4) is 5.75 Å². The van der Waals surface area contributed by atoms with E-state index in [-0.39, 0.29) is 18.0 Å². The van der Waals surface area contributed by atoms with Crippen molar-refractivity contribution in [2.24, 2.45) is 0 Å². The lowest BCUT2D eigenvalue weighted by Crippen LogP contribution is -2.31. The summed E-state index contributed by atoms with van der Waals surface area (Å²) >= 11 is 0. The van der Waals surface area contributed by atoms with Gasteiger partial charge in [0.2, 0.25) is 0 Å². The fourth-order valence-electron chi connectivity index (χ4n) is 3.10. The van der Waals surface area contributed by atoms with E-state index in [4.69, 9.17) is 4.74 Å². The number of nitrogens with one attached hydrogen (secondary N) is 2. The van der Waals surface area contributed by atoms with Gasteiger partial charge in [-0.1, -0.05) is 25.1 Å². The molecule has 5 nitrogen and oxygen atoms in total. The molecule has 2 N–H and O–H groups in total. The molecule has 0 unspecified atom stereocenters. The van der Waals surface area contributed by atoms with Gasteiger partial charge in [-0.05, 0) is 37.1 Å². The van der Waals surface area contributed by atoms with Crippen LogP contribution in [0.5, 0.6) is 5.75 Å². The molecule has 130 valence electrons. The molecule has 1 aliphatic rings. The molecule has 1 aromatic heterocycles. The van der Waals surface area contributed by atoms with Crippen molar-refractivity contribution < 1.29 is 9.53 Å². The lowest BCUT2D eigenvalue weighted by atomic mass is 9.98. The summed E-state index contributed by atoms with van der Waals surface area (Å²) in [5.41, 5.74) is 3.72. The molecule has 0 bridgehead atoms. The Balaban J connectivity index is 1.79. The van der Waals surface area contributed by atoms with Crippen LogP contribution in [0.3, 0.4) is 0 Å². The lowest BCUT2D eigenvalue weighted by molar-refractivity contribution is -0.118. The number of aromatic amines is 1. The van der Waals surface area contributed by atoms with Gasteiger partial charge in [0.25, 0.3) is 11.5 Å². The van der Waals surface area contributed by atoms with E-state index in [0.717, 1.165) is 22.6 Å². The fraction of sp³-hybridized carbons (Fsp3) is 0.300. The maximum atomic E-state index is 12.7. The Bertz CT molecular complexity index is 909. The quantitative estimate of drug-likeness (QED) is 0.900. The number of allylic oxidation sites excluding steroid dienone is 1. The number of para-hydroxylation sites is 1. The highest BCUT2D eigenvalue weighted by Gasteiger charge is 2.23. The topological polar surface area (TPSA) is 71.2 Å². The van der Waals surface area contributed by atoms with Crippen LogP contribution in [-0.4, -0.2) is 10.9 Å². The first-order valence-corrected chi connectivity index (χ1v) is 8.45. The minimum Gasteiger partial charge on any atom is -0.461 e. The van der Waals surface area contributed by atoms with E-state index in [9.17, 15) is 9.59 Å². The summed E-state index contributed by atoms with van der Waals surface area (Å²) in [6, 6.07) is 9.63. The second-order valence-corrected chi connectivity index (χ2v) is 6.27. The molecule has 25 heavy (non-hydrogen) atoms. The largest absolute Gasteiger partial charge is 0.461 e. The zero-order chi connectivity index (χ0) is 18.0. The van der Waals surface area contributed by atoms with Crippen LogP contribution in [0.25, 0.3) is 0 Å². The zero-order valence-corrected chi connectivity index (χ0v) is 14.7. The Morgan fingerprint density at radius 2 is 2.04 bits per heavy atom. The van der Waals surface area contributed by atoms with E-state index < -0.39 is 0 Å². The molecule has 3 rings (SSSR count). The van der Waals surface area contributed by atoms with Crippen molar-refractivity contribution in [1.29, 1.82) is 0 Å². The van der Waals surface area contributed by atoms with Crippen molar-refractivity contribution in [2.75, 3.05) is 0 Å². The normalized spacial score (nSPS) is 13.2. The first-order chi connectivity index (χ1) is 12.0. The van der Waals surface area contributed by atoms with Crippen LogP contribution in [0.15, 0.2) is 46.5 Å². The predicted molar refractivity (Wildman–Crippen MR) is 96.5 cm³/mol. The molecule has 0 aliphatic carbocycles. The SMILES string of the molecule is CCC1=C(C(=O)NCc2c(C)cc(C)[nH]c2=O)Cc2ccccc2O1. The number of aromatic nitrogens is 1. The standard InChI is InChI=1S/C20H22N2O3/c1-4-17-15(10-14-7-5-6-8-18(14)25-17)19(23)21-11-16-12(2)9-13(3)22-20(16)24/h5-9H,4,10-11H2,1-3H3,(H,21,23)(H,22,24). The molecule has 2 heterocycles. The van der Waals surface area contributed by atoms with Crippen LogP contribution in [0.1, 0.15) is 35.7 Å². The molecule has 2 aromatic rings. The predicted octanol–water partition coefficient (Wildman–Crippen LogP) is 2.91. The van der Waals surface area contributed by atoms with Crippen molar-refractivity contribution in [3.05, 3.63) is 74.4 Å². The molecule has 1 amide bonds. The molecule has 1 aliphatic heterocycles. The third-order valence-electron chi connectivity index (χ3n) is 4.42. The first-order valence-electron chi connectivity index (χ1n) is 8.45. The monoisotopic (exact) mass is 338 g/mol. The Morgan fingerprint density at radius 1 is 1.28 bits per heavy atom. The van der Waals surface area contributed by atoms with E-state index in [0.29, 0.717) is 29.7 Å². The summed E-state index contributed by atoms with van der Waals surface area (Å²) < 4.78 is 5.88. The Hall–Kier alpha value is -2.82. The van der Waals surface area contributed by atoms with Gasteiger partial charge < -0.3 is 15.0 Å². The van der Waals surface area contributed by atoms with Crippen molar-refractivity contribution in [3.63, 3.8) is 0 Å². The number of hydrogen-bond donors (Lipinski definition) is 2. The Kier molecular flexibility index (Phi) is 4.74. The van der Waals surface area contributed by atoms with Crippen LogP contribution in [0, 0.1) is 13.8 Å². The molecular formula is C20H22N2O3. The van der Waals surface area contributed by atoms with E-state index in [2.05, 4.69) is 10.3 Å². The highest BCUT2D eigenvalue weighted by atomic mass is 16.5. The van der Waals surface area contributed by atoms with Crippen LogP contribution < -0.4 is 15.6 Å². The second-order valence-electron chi connectivity index (χ2n) is 6.27. The number of pyridine rings is 1. The Labute approximate surface area is 146 Å². The molecule has 0 spiro atoms. The molecular weight excluding hydrogens is 316 g/mol. The molecule has 0 saturated heterocycles. The number of hydrogen-bond acceptors (Lipinski definition) is 3. The number of aryl methyl sites for hydroxylation is 2. The number of rotatable bonds is 4. The molecule has 0 atom stereocenters. The molecule has 0 saturated carbocycles. The molecule has 0 fully saturated rings. The van der Waals surface area contributed by atoms with Gasteiger partial charge >= 0.3 is 0 Å². The van der Waals surface area contributed by atoms with Crippen molar-refractivity contribution >= 4 is 5.91 Å². The van der Waals surface area contributed by atoms with Gasteiger partial charge in [0.1, 0.15) is 11.5 Å². The number of carbonyl (C=O) groups excluding carboxylic acids is 1. The van der Waals surface area contributed by atoms with Crippen molar-refractivity contribution in [1.82, 2.24) is 10.3 Å². The van der Waals surface area contributed by atoms with Gasteiger partial charge in [-0.15, -0.1) is 0 Å². The summed E-state index contributed by atoms with van der Waals surface area (Å²) in [4.78, 5) is 27.5. The van der Waals surface area contributed by atoms with E-state index >= 15 is 0 Å². The van der Waals surface area contributed by atoms with Crippen LogP contribution in [0.4, 0.5) is 0 Å². The zero-order valence-electron chi connectivity index (χ0n) is 14.7. The van der Waals surface area contributed by atoms with Crippen LogP contribution >= 0.6 is 0 Å². The second kappa shape index (κ2) is 6.97. The number of amides is 1. The van der Waals surface area contributed by atoms with Gasteiger partial charge in [0.15, 0.2) is 0 Å². The third kappa shape index (κ3) is 3.50. The summed E-state index contributed by atoms with van der Waals surface area (Å²) in [5, 5.41) is 2.87. The van der Waals surface area contributed by atoms with Gasteiger partial charge in [-0.3, -0.25) is 9.59 Å². The average molecular weight is 338 g/mol. The minimum atomic E-state index is -0.189. The highest BCUT2D eigenvalue weighted by molar-refractivity contribution is 5.94. The number of carbonyl (C=O) groups is 1. The summed E-state index contributed by atoms with van der Waals surface area (Å²) in [6.07, 6.45) is 1.18. The summed E-state index contributed by atoms with van der Waals surface area (Å²) in [7, 11) is 0. The smallest absolute Gasteiger partial charge is 0.253 e. The average Bonchev–Trinajstić information content (AvgIpc) is 2.59. The van der Waals surface area contributed by atoms with Crippen LogP contribution in [0.2, 0.25) is 0 Å². The van der Waals surface area contributed by atoms with E-state index in [1.807, 2.05) is 51.1 Å². The van der Waals surface area contributed by atoms with Crippen LogP contribution in [-0.2, 0) is 17.8 Å². The lowest BCUT2D eigenvalue weighted by Gasteiger charge is -2.22. The molecule has 1 aromatic carbocycles. The fourth-order valence-corrected chi connectivity index (χ4v) is 3.10. The van der Waals surface area contributed by atoms with Gasteiger partial charge in [0.05, 0.1) is 5.57 Å². The number of ether oxygens (including phenoxy) is 1. The van der Waals surface area contributed by atoms with Gasteiger partial charge in [0, 0.05) is 30.6 Å². The highest BCUT2D eigenvalue weighted by Crippen LogP contribution is 2.31. The van der Waals surface area contributed by atoms with Crippen molar-refractivity contribution in [2.45, 2.75) is 40.2 Å². The summed E-state index contributed by atoms with van der Waals surface area (Å²) in [6.45, 7) is 5.88. The maximum absolute atomic E-state index is 12.7. The minimum absolute atomic E-state index is 0.160. The third-order valence-corrected chi connectivity index (χ3v) is 4.42. The maximum Gasteiger partial charge on any atom is 0.253 e. The van der Waals surface area contributed by atoms with Gasteiger partial charge in [-0.25, -0.2) is 0 Å². The number of benzene rings is 1. The number of fused-ring (bicyclic) bond motifs is 1.